The highest BCUT2D eigenvalue weighted by Gasteiger charge is 2.41. The van der Waals surface area contributed by atoms with Gasteiger partial charge in [0.1, 0.15) is 11.4 Å². The summed E-state index contributed by atoms with van der Waals surface area (Å²) in [7, 11) is 0. The Morgan fingerprint density at radius 2 is 1.90 bits per heavy atom. The van der Waals surface area contributed by atoms with Crippen molar-refractivity contribution in [1.29, 1.82) is 0 Å². The van der Waals surface area contributed by atoms with Gasteiger partial charge in [0.05, 0.1) is 5.56 Å². The quantitative estimate of drug-likeness (QED) is 0.901. The maximum Gasteiger partial charge on any atom is 0.329 e. The molecule has 0 radical (unpaired) electrons. The van der Waals surface area contributed by atoms with Gasteiger partial charge < -0.3 is 10.4 Å². The molecule has 20 heavy (non-hydrogen) atoms. The van der Waals surface area contributed by atoms with Gasteiger partial charge in [0, 0.05) is 5.02 Å². The average molecular weight is 300 g/mol. The van der Waals surface area contributed by atoms with Crippen LogP contribution in [0.3, 0.4) is 0 Å². The second-order valence-corrected chi connectivity index (χ2v) is 5.46. The molecule has 0 heterocycles. The Balaban J connectivity index is 2.24. The van der Waals surface area contributed by atoms with Gasteiger partial charge >= 0.3 is 5.97 Å². The van der Waals surface area contributed by atoms with Crippen molar-refractivity contribution < 1.29 is 19.1 Å². The highest BCUT2D eigenvalue weighted by atomic mass is 35.5. The molecule has 2 N–H and O–H groups in total. The number of benzene rings is 1. The molecule has 0 saturated heterocycles. The first-order valence-electron chi connectivity index (χ1n) is 6.45. The van der Waals surface area contributed by atoms with Crippen LogP contribution in [0.2, 0.25) is 5.02 Å². The van der Waals surface area contributed by atoms with E-state index in [1.165, 1.54) is 12.1 Å². The van der Waals surface area contributed by atoms with Crippen molar-refractivity contribution in [2.45, 2.75) is 37.6 Å². The summed E-state index contributed by atoms with van der Waals surface area (Å²) in [5.41, 5.74) is -1.53. The van der Waals surface area contributed by atoms with E-state index in [0.29, 0.717) is 12.8 Å². The van der Waals surface area contributed by atoms with E-state index in [-0.39, 0.29) is 10.6 Å². The van der Waals surface area contributed by atoms with Crippen molar-refractivity contribution in [3.8, 4) is 0 Å². The van der Waals surface area contributed by atoms with Crippen LogP contribution in [-0.2, 0) is 4.79 Å². The van der Waals surface area contributed by atoms with Crippen LogP contribution in [0.25, 0.3) is 0 Å². The second kappa shape index (κ2) is 5.79. The lowest BCUT2D eigenvalue weighted by atomic mass is 9.81. The number of carbonyl (C=O) groups excluding carboxylic acids is 1. The fourth-order valence-corrected chi connectivity index (χ4v) is 2.68. The zero-order valence-electron chi connectivity index (χ0n) is 10.8. The zero-order chi connectivity index (χ0) is 14.8. The van der Waals surface area contributed by atoms with Crippen LogP contribution in [0.4, 0.5) is 4.39 Å². The van der Waals surface area contributed by atoms with E-state index in [1.807, 2.05) is 0 Å². The van der Waals surface area contributed by atoms with Gasteiger partial charge in [-0.1, -0.05) is 30.9 Å². The van der Waals surface area contributed by atoms with Gasteiger partial charge in [-0.05, 0) is 31.0 Å². The lowest BCUT2D eigenvalue weighted by molar-refractivity contribution is -0.145. The van der Waals surface area contributed by atoms with E-state index in [1.54, 1.807) is 0 Å². The van der Waals surface area contributed by atoms with Crippen LogP contribution in [0.5, 0.6) is 0 Å². The average Bonchev–Trinajstić information content (AvgIpc) is 2.42. The summed E-state index contributed by atoms with van der Waals surface area (Å²) in [6, 6.07) is 3.62. The summed E-state index contributed by atoms with van der Waals surface area (Å²) in [6.07, 6.45) is 3.11. The number of carbonyl (C=O) groups is 2. The Hall–Kier alpha value is -1.62. The standard InChI is InChI=1S/C14H15ClFNO3/c15-9-4-5-11(16)10(8-9)12(18)17-14(13(19)20)6-2-1-3-7-14/h4-5,8H,1-3,6-7H2,(H,17,18)(H,19,20). The topological polar surface area (TPSA) is 66.4 Å². The zero-order valence-corrected chi connectivity index (χ0v) is 11.5. The maximum absolute atomic E-state index is 13.6. The first-order valence-corrected chi connectivity index (χ1v) is 6.83. The van der Waals surface area contributed by atoms with Crippen molar-refractivity contribution in [3.63, 3.8) is 0 Å². The van der Waals surface area contributed by atoms with Gasteiger partial charge in [0.15, 0.2) is 0 Å². The maximum atomic E-state index is 13.6. The third-order valence-electron chi connectivity index (χ3n) is 3.64. The molecule has 0 bridgehead atoms. The predicted octanol–water partition coefficient (Wildman–Crippen LogP) is 3.00. The molecule has 1 aliphatic carbocycles. The number of hydrogen-bond acceptors (Lipinski definition) is 2. The molecule has 1 aromatic rings. The molecule has 108 valence electrons. The van der Waals surface area contributed by atoms with Gasteiger partial charge in [0.2, 0.25) is 0 Å². The molecule has 0 aromatic heterocycles. The van der Waals surface area contributed by atoms with Gasteiger partial charge in [-0.15, -0.1) is 0 Å². The Kier molecular flexibility index (Phi) is 4.28. The Morgan fingerprint density at radius 1 is 1.25 bits per heavy atom. The number of halogens is 2. The highest BCUT2D eigenvalue weighted by Crippen LogP contribution is 2.29. The van der Waals surface area contributed by atoms with Gasteiger partial charge in [-0.2, -0.15) is 0 Å². The first-order chi connectivity index (χ1) is 9.44. The number of amides is 1. The molecular weight excluding hydrogens is 285 g/mol. The lowest BCUT2D eigenvalue weighted by Gasteiger charge is -2.34. The fraction of sp³-hybridized carbons (Fsp3) is 0.429. The monoisotopic (exact) mass is 299 g/mol. The normalized spacial score (nSPS) is 17.5. The number of hydrogen-bond donors (Lipinski definition) is 2. The van der Waals surface area contributed by atoms with E-state index in [9.17, 15) is 19.1 Å². The summed E-state index contributed by atoms with van der Waals surface area (Å²) < 4.78 is 13.6. The third-order valence-corrected chi connectivity index (χ3v) is 3.88. The lowest BCUT2D eigenvalue weighted by Crippen LogP contribution is -2.55. The number of aliphatic carboxylic acids is 1. The van der Waals surface area contributed by atoms with Gasteiger partial charge in [0.25, 0.3) is 5.91 Å². The van der Waals surface area contributed by atoms with E-state index < -0.39 is 23.2 Å². The molecule has 6 heteroatoms. The van der Waals surface area contributed by atoms with Gasteiger partial charge in [-0.3, -0.25) is 4.79 Å². The Labute approximate surface area is 120 Å². The minimum absolute atomic E-state index is 0.226. The van der Waals surface area contributed by atoms with Crippen molar-refractivity contribution >= 4 is 23.5 Å². The van der Waals surface area contributed by atoms with Crippen molar-refractivity contribution in [2.75, 3.05) is 0 Å². The van der Waals surface area contributed by atoms with Crippen LogP contribution >= 0.6 is 11.6 Å². The number of rotatable bonds is 3. The molecular formula is C14H15ClFNO3. The summed E-state index contributed by atoms with van der Waals surface area (Å²) >= 11 is 5.74. The van der Waals surface area contributed by atoms with Crippen LogP contribution in [0.15, 0.2) is 18.2 Å². The number of carboxylic acid groups (broad SMARTS) is 1. The molecule has 2 rings (SSSR count). The molecule has 0 spiro atoms. The van der Waals surface area contributed by atoms with Crippen LogP contribution in [0.1, 0.15) is 42.5 Å². The van der Waals surface area contributed by atoms with Crippen LogP contribution in [-0.4, -0.2) is 22.5 Å². The molecule has 1 aromatic carbocycles. The molecule has 0 atom stereocenters. The summed E-state index contributed by atoms with van der Waals surface area (Å²) in [6.45, 7) is 0. The number of nitrogens with one attached hydrogen (secondary N) is 1. The van der Waals surface area contributed by atoms with Gasteiger partial charge in [-0.25, -0.2) is 9.18 Å². The largest absolute Gasteiger partial charge is 0.480 e. The SMILES string of the molecule is O=C(NC1(C(=O)O)CCCCC1)c1cc(Cl)ccc1F. The number of carboxylic acids is 1. The Morgan fingerprint density at radius 3 is 2.50 bits per heavy atom. The Bertz CT molecular complexity index is 541. The summed E-state index contributed by atoms with van der Waals surface area (Å²) in [5, 5.41) is 12.1. The predicted molar refractivity (Wildman–Crippen MR) is 72.3 cm³/mol. The van der Waals surface area contributed by atoms with Crippen molar-refractivity contribution in [2.24, 2.45) is 0 Å². The first kappa shape index (κ1) is 14.8. The molecule has 1 fully saturated rings. The van der Waals surface area contributed by atoms with E-state index >= 15 is 0 Å². The summed E-state index contributed by atoms with van der Waals surface area (Å²) in [5.74, 6) is -2.54. The third kappa shape index (κ3) is 2.93. The molecule has 1 amide bonds. The van der Waals surface area contributed by atoms with Crippen LogP contribution < -0.4 is 5.32 Å². The molecule has 0 unspecified atom stereocenters. The second-order valence-electron chi connectivity index (χ2n) is 5.03. The van der Waals surface area contributed by atoms with Crippen molar-refractivity contribution in [3.05, 3.63) is 34.6 Å². The molecule has 1 saturated carbocycles. The van der Waals surface area contributed by atoms with E-state index in [4.69, 9.17) is 11.6 Å². The minimum Gasteiger partial charge on any atom is -0.480 e. The minimum atomic E-state index is -1.30. The van der Waals surface area contributed by atoms with Crippen LogP contribution in [0, 0.1) is 5.82 Å². The molecule has 0 aliphatic heterocycles. The highest BCUT2D eigenvalue weighted by molar-refractivity contribution is 6.31. The van der Waals surface area contributed by atoms with E-state index in [0.717, 1.165) is 25.3 Å². The molecule has 1 aliphatic rings. The summed E-state index contributed by atoms with van der Waals surface area (Å²) in [4.78, 5) is 23.6. The fourth-order valence-electron chi connectivity index (χ4n) is 2.50. The van der Waals surface area contributed by atoms with Crippen molar-refractivity contribution in [1.82, 2.24) is 5.32 Å². The van der Waals surface area contributed by atoms with E-state index in [2.05, 4.69) is 5.32 Å². The molecule has 4 nitrogen and oxygen atoms in total. The smallest absolute Gasteiger partial charge is 0.329 e.